The summed E-state index contributed by atoms with van der Waals surface area (Å²) in [5.41, 5.74) is 1.09. The van der Waals surface area contributed by atoms with E-state index in [1.165, 1.54) is 0 Å². The third-order valence-electron chi connectivity index (χ3n) is 3.19. The Balaban J connectivity index is 2.23. The lowest BCUT2D eigenvalue weighted by atomic mass is 10.2. The highest BCUT2D eigenvalue weighted by Crippen LogP contribution is 2.21. The Bertz CT molecular complexity index is 601. The van der Waals surface area contributed by atoms with Crippen molar-refractivity contribution in [3.05, 3.63) is 46.7 Å². The Morgan fingerprint density at radius 2 is 1.95 bits per heavy atom. The Morgan fingerprint density at radius 3 is 2.62 bits per heavy atom. The average Bonchev–Trinajstić information content (AvgIpc) is 2.49. The van der Waals surface area contributed by atoms with Crippen molar-refractivity contribution >= 4 is 23.2 Å². The van der Waals surface area contributed by atoms with E-state index < -0.39 is 0 Å². The largest absolute Gasteiger partial charge is 0.370 e. The first-order valence-corrected chi connectivity index (χ1v) is 7.58. The molecule has 0 fully saturated rings. The van der Waals surface area contributed by atoms with Gasteiger partial charge in [0.15, 0.2) is 0 Å². The van der Waals surface area contributed by atoms with Crippen molar-refractivity contribution in [3.8, 4) is 0 Å². The molecule has 1 aromatic carbocycles. The van der Waals surface area contributed by atoms with Crippen molar-refractivity contribution in [2.24, 2.45) is 0 Å². The zero-order chi connectivity index (χ0) is 15.2. The van der Waals surface area contributed by atoms with Crippen LogP contribution in [0.4, 0.5) is 11.6 Å². The first-order valence-electron chi connectivity index (χ1n) is 7.20. The fraction of sp³-hybridized carbons (Fsp3) is 0.375. The van der Waals surface area contributed by atoms with Crippen LogP contribution in [0.1, 0.15) is 25.2 Å². The number of aryl methyl sites for hydroxylation is 1. The molecule has 0 aliphatic rings. The molecule has 2 aromatic rings. The summed E-state index contributed by atoms with van der Waals surface area (Å²) < 4.78 is 0. The number of benzene rings is 1. The van der Waals surface area contributed by atoms with Crippen LogP contribution in [-0.2, 0) is 13.0 Å². The fourth-order valence-electron chi connectivity index (χ4n) is 2.07. The molecule has 21 heavy (non-hydrogen) atoms. The number of hydrogen-bond donors (Lipinski definition) is 1. The maximum atomic E-state index is 6.22. The second kappa shape index (κ2) is 7.27. The summed E-state index contributed by atoms with van der Waals surface area (Å²) in [6.45, 7) is 5.67. The predicted octanol–water partition coefficient (Wildman–Crippen LogP) is 3.76. The highest BCUT2D eigenvalue weighted by Gasteiger charge is 2.09. The lowest BCUT2D eigenvalue weighted by molar-refractivity contribution is 0.858. The average molecular weight is 305 g/mol. The molecule has 1 aromatic heterocycles. The molecule has 0 unspecified atom stereocenters. The van der Waals surface area contributed by atoms with Crippen LogP contribution in [-0.4, -0.2) is 23.6 Å². The Hall–Kier alpha value is -1.81. The summed E-state index contributed by atoms with van der Waals surface area (Å²) in [5, 5.41) is 4.03. The summed E-state index contributed by atoms with van der Waals surface area (Å²) in [4.78, 5) is 11.2. The molecule has 1 N–H and O–H groups in total. The number of rotatable bonds is 6. The molecule has 0 saturated heterocycles. The van der Waals surface area contributed by atoms with Gasteiger partial charge in [0, 0.05) is 37.6 Å². The van der Waals surface area contributed by atoms with Crippen molar-refractivity contribution in [2.45, 2.75) is 26.8 Å². The van der Waals surface area contributed by atoms with E-state index in [0.717, 1.165) is 41.0 Å². The Morgan fingerprint density at radius 1 is 1.19 bits per heavy atom. The van der Waals surface area contributed by atoms with E-state index >= 15 is 0 Å². The van der Waals surface area contributed by atoms with E-state index in [1.54, 1.807) is 0 Å². The smallest absolute Gasteiger partial charge is 0.134 e. The number of nitrogens with zero attached hydrogens (tertiary/aromatic N) is 3. The van der Waals surface area contributed by atoms with Gasteiger partial charge in [0.2, 0.25) is 0 Å². The van der Waals surface area contributed by atoms with Gasteiger partial charge in [0.05, 0.1) is 0 Å². The van der Waals surface area contributed by atoms with Crippen molar-refractivity contribution in [1.29, 1.82) is 0 Å². The number of aromatic nitrogens is 2. The van der Waals surface area contributed by atoms with Crippen LogP contribution in [0, 0.1) is 0 Å². The Kier molecular flexibility index (Phi) is 5.39. The van der Waals surface area contributed by atoms with E-state index in [-0.39, 0.29) is 0 Å². The van der Waals surface area contributed by atoms with Gasteiger partial charge in [-0.05, 0) is 18.6 Å². The molecule has 0 aliphatic carbocycles. The number of anilines is 2. The number of halogens is 1. The Labute approximate surface area is 131 Å². The van der Waals surface area contributed by atoms with Crippen LogP contribution in [0.15, 0.2) is 30.3 Å². The monoisotopic (exact) mass is 304 g/mol. The van der Waals surface area contributed by atoms with Crippen LogP contribution in [0.5, 0.6) is 0 Å². The summed E-state index contributed by atoms with van der Waals surface area (Å²) in [6, 6.07) is 9.85. The SMILES string of the molecule is CCNc1cc(N(C)Cc2ccccc2Cl)nc(CC)n1. The lowest BCUT2D eigenvalue weighted by Gasteiger charge is -2.20. The van der Waals surface area contributed by atoms with Crippen LogP contribution in [0.3, 0.4) is 0 Å². The van der Waals surface area contributed by atoms with E-state index in [9.17, 15) is 0 Å². The van der Waals surface area contributed by atoms with Crippen LogP contribution in [0.25, 0.3) is 0 Å². The molecule has 0 amide bonds. The van der Waals surface area contributed by atoms with Gasteiger partial charge in [0.25, 0.3) is 0 Å². The third kappa shape index (κ3) is 4.08. The highest BCUT2D eigenvalue weighted by molar-refractivity contribution is 6.31. The molecule has 4 nitrogen and oxygen atoms in total. The van der Waals surface area contributed by atoms with Gasteiger partial charge in [-0.15, -0.1) is 0 Å². The standard InChI is InChI=1S/C16H21ClN4/c1-4-14-19-15(18-5-2)10-16(20-14)21(3)11-12-8-6-7-9-13(12)17/h6-10H,4-5,11H2,1-3H3,(H,18,19,20). The third-order valence-corrected chi connectivity index (χ3v) is 3.56. The maximum Gasteiger partial charge on any atom is 0.134 e. The molecule has 0 radical (unpaired) electrons. The summed E-state index contributed by atoms with van der Waals surface area (Å²) in [5.74, 6) is 2.61. The molecule has 1 heterocycles. The summed E-state index contributed by atoms with van der Waals surface area (Å²) >= 11 is 6.22. The minimum absolute atomic E-state index is 0.714. The normalized spacial score (nSPS) is 10.5. The van der Waals surface area contributed by atoms with Gasteiger partial charge in [0.1, 0.15) is 17.5 Å². The van der Waals surface area contributed by atoms with Gasteiger partial charge in [-0.2, -0.15) is 0 Å². The second-order valence-electron chi connectivity index (χ2n) is 4.86. The zero-order valence-electron chi connectivity index (χ0n) is 12.7. The van der Waals surface area contributed by atoms with Crippen molar-refractivity contribution in [2.75, 3.05) is 23.8 Å². The molecular formula is C16H21ClN4. The van der Waals surface area contributed by atoms with Crippen LogP contribution >= 0.6 is 11.6 Å². The summed E-state index contributed by atoms with van der Waals surface area (Å²) in [7, 11) is 2.01. The van der Waals surface area contributed by atoms with Gasteiger partial charge >= 0.3 is 0 Å². The zero-order valence-corrected chi connectivity index (χ0v) is 13.5. The van der Waals surface area contributed by atoms with Crippen LogP contribution in [0.2, 0.25) is 5.02 Å². The maximum absolute atomic E-state index is 6.22. The molecular weight excluding hydrogens is 284 g/mol. The van der Waals surface area contributed by atoms with Crippen molar-refractivity contribution in [3.63, 3.8) is 0 Å². The molecule has 0 aliphatic heterocycles. The number of hydrogen-bond acceptors (Lipinski definition) is 4. The van der Waals surface area contributed by atoms with Gasteiger partial charge in [-0.25, -0.2) is 9.97 Å². The molecule has 0 spiro atoms. The minimum atomic E-state index is 0.714. The topological polar surface area (TPSA) is 41.0 Å². The predicted molar refractivity (Wildman–Crippen MR) is 89.1 cm³/mol. The number of nitrogens with one attached hydrogen (secondary N) is 1. The van der Waals surface area contributed by atoms with E-state index in [1.807, 2.05) is 37.4 Å². The van der Waals surface area contributed by atoms with Crippen molar-refractivity contribution < 1.29 is 0 Å². The highest BCUT2D eigenvalue weighted by atomic mass is 35.5. The quantitative estimate of drug-likeness (QED) is 0.882. The van der Waals surface area contributed by atoms with E-state index in [2.05, 4.69) is 34.0 Å². The molecule has 0 saturated carbocycles. The minimum Gasteiger partial charge on any atom is -0.370 e. The first-order chi connectivity index (χ1) is 10.1. The van der Waals surface area contributed by atoms with Crippen LogP contribution < -0.4 is 10.2 Å². The fourth-order valence-corrected chi connectivity index (χ4v) is 2.27. The van der Waals surface area contributed by atoms with Gasteiger partial charge in [-0.1, -0.05) is 36.7 Å². The van der Waals surface area contributed by atoms with Gasteiger partial charge < -0.3 is 10.2 Å². The van der Waals surface area contributed by atoms with E-state index in [4.69, 9.17) is 11.6 Å². The van der Waals surface area contributed by atoms with E-state index in [0.29, 0.717) is 6.54 Å². The molecule has 2 rings (SSSR count). The second-order valence-corrected chi connectivity index (χ2v) is 5.27. The molecule has 0 atom stereocenters. The summed E-state index contributed by atoms with van der Waals surface area (Å²) in [6.07, 6.45) is 0.812. The molecule has 5 heteroatoms. The first kappa shape index (κ1) is 15.6. The van der Waals surface area contributed by atoms with Gasteiger partial charge in [-0.3, -0.25) is 0 Å². The lowest BCUT2D eigenvalue weighted by Crippen LogP contribution is -2.19. The molecule has 112 valence electrons. The molecule has 0 bridgehead atoms. The van der Waals surface area contributed by atoms with Crippen molar-refractivity contribution in [1.82, 2.24) is 9.97 Å².